The van der Waals surface area contributed by atoms with E-state index < -0.39 is 6.03 Å². The topological polar surface area (TPSA) is 126 Å². The molecular weight excluding hydrogens is 446 g/mol. The van der Waals surface area contributed by atoms with Crippen LogP contribution in [-0.4, -0.2) is 74.2 Å². The molecule has 0 aromatic carbocycles. The molecule has 1 saturated heterocycles. The summed E-state index contributed by atoms with van der Waals surface area (Å²) in [6.07, 6.45) is 7.23. The Morgan fingerprint density at radius 2 is 2.11 bits per heavy atom. The number of aromatic nitrogens is 1. The number of allylic oxidation sites excluding steroid dienone is 3. The lowest BCUT2D eigenvalue weighted by Crippen LogP contribution is -2.43. The highest BCUT2D eigenvalue weighted by atomic mass is 16.5. The average molecular weight is 482 g/mol. The van der Waals surface area contributed by atoms with Gasteiger partial charge in [-0.1, -0.05) is 25.3 Å². The zero-order valence-electron chi connectivity index (χ0n) is 20.7. The van der Waals surface area contributed by atoms with Gasteiger partial charge in [-0.2, -0.15) is 0 Å². The molecule has 10 nitrogen and oxygen atoms in total. The summed E-state index contributed by atoms with van der Waals surface area (Å²) < 4.78 is 11.5. The van der Waals surface area contributed by atoms with E-state index in [4.69, 9.17) is 15.2 Å². The van der Waals surface area contributed by atoms with E-state index in [2.05, 4.69) is 43.7 Å². The highest BCUT2D eigenvalue weighted by Crippen LogP contribution is 2.23. The van der Waals surface area contributed by atoms with Crippen LogP contribution >= 0.6 is 0 Å². The molecule has 2 rings (SSSR count). The van der Waals surface area contributed by atoms with Gasteiger partial charge in [0.1, 0.15) is 5.76 Å². The zero-order valence-corrected chi connectivity index (χ0v) is 20.7. The van der Waals surface area contributed by atoms with Crippen LogP contribution in [0.25, 0.3) is 5.57 Å². The summed E-state index contributed by atoms with van der Waals surface area (Å²) in [6.45, 7) is 15.8. The van der Waals surface area contributed by atoms with Crippen LogP contribution in [0.5, 0.6) is 0 Å². The van der Waals surface area contributed by atoms with E-state index in [1.807, 2.05) is 31.2 Å². The lowest BCUT2D eigenvalue weighted by atomic mass is 10.0. The van der Waals surface area contributed by atoms with E-state index in [9.17, 15) is 4.79 Å². The second-order valence-corrected chi connectivity index (χ2v) is 7.53. The van der Waals surface area contributed by atoms with Crippen molar-refractivity contribution in [2.45, 2.75) is 13.8 Å². The maximum absolute atomic E-state index is 11.8. The van der Waals surface area contributed by atoms with Crippen molar-refractivity contribution in [1.82, 2.24) is 20.5 Å². The Balaban J connectivity index is 2.34. The SMILES string of the molecule is C=C(CN1CCOCC1)OC(=NC)/C(=C/C(=CC)c1cccnc1)C(=C)N=C(N)NC(=O)NCC. The molecule has 0 radical (unpaired) electrons. The van der Waals surface area contributed by atoms with Gasteiger partial charge in [0.05, 0.1) is 31.0 Å². The first-order valence-electron chi connectivity index (χ1n) is 11.4. The lowest BCUT2D eigenvalue weighted by molar-refractivity contribution is 0.0384. The standard InChI is InChI=1S/C25H35N7O3/c1-6-20(21-9-8-10-28-16-21)15-22(19(4)30-24(26)31-25(33)29-7-2)23(27-5)35-18(3)17-32-11-13-34-14-12-32/h6,8-10,15-16H,3-4,7,11-14,17H2,1-2,5H3,(H4,26,29,30,31,33)/b20-6?,22-15+,27-23?. The van der Waals surface area contributed by atoms with Crippen molar-refractivity contribution in [2.24, 2.45) is 15.7 Å². The molecule has 35 heavy (non-hydrogen) atoms. The molecule has 2 heterocycles. The third-order valence-corrected chi connectivity index (χ3v) is 4.93. The largest absolute Gasteiger partial charge is 0.442 e. The first kappa shape index (κ1) is 27.5. The van der Waals surface area contributed by atoms with Gasteiger partial charge in [-0.3, -0.25) is 20.2 Å². The third-order valence-electron chi connectivity index (χ3n) is 4.93. The predicted molar refractivity (Wildman–Crippen MR) is 140 cm³/mol. The molecule has 1 aliphatic rings. The molecule has 1 fully saturated rings. The molecule has 188 valence electrons. The van der Waals surface area contributed by atoms with Gasteiger partial charge >= 0.3 is 6.03 Å². The second kappa shape index (κ2) is 14.5. The Kier molecular flexibility index (Phi) is 11.4. The molecule has 2 amide bonds. The van der Waals surface area contributed by atoms with Crippen LogP contribution in [0.3, 0.4) is 0 Å². The number of nitrogens with zero attached hydrogens (tertiary/aromatic N) is 4. The third kappa shape index (κ3) is 9.19. The molecular formula is C25H35N7O3. The number of aliphatic imine (C=N–C) groups is 2. The molecule has 0 spiro atoms. The number of morpholine rings is 1. The van der Waals surface area contributed by atoms with E-state index in [0.717, 1.165) is 24.2 Å². The Bertz CT molecular complexity index is 1010. The highest BCUT2D eigenvalue weighted by Gasteiger charge is 2.18. The van der Waals surface area contributed by atoms with Gasteiger partial charge < -0.3 is 20.5 Å². The monoisotopic (exact) mass is 481 g/mol. The van der Waals surface area contributed by atoms with Crippen molar-refractivity contribution >= 4 is 23.5 Å². The van der Waals surface area contributed by atoms with Gasteiger partial charge in [0.15, 0.2) is 0 Å². The Morgan fingerprint density at radius 1 is 1.37 bits per heavy atom. The van der Waals surface area contributed by atoms with Crippen LogP contribution in [0.1, 0.15) is 19.4 Å². The van der Waals surface area contributed by atoms with Crippen molar-refractivity contribution < 1.29 is 14.3 Å². The first-order valence-corrected chi connectivity index (χ1v) is 11.4. The number of pyridine rings is 1. The highest BCUT2D eigenvalue weighted by molar-refractivity contribution is 6.02. The summed E-state index contributed by atoms with van der Waals surface area (Å²) >= 11 is 0. The number of carbonyl (C=O) groups excluding carboxylic acids is 1. The van der Waals surface area contributed by atoms with Crippen LogP contribution in [0, 0.1) is 0 Å². The van der Waals surface area contributed by atoms with Crippen LogP contribution in [0.15, 0.2) is 76.9 Å². The molecule has 10 heteroatoms. The minimum atomic E-state index is -0.462. The van der Waals surface area contributed by atoms with E-state index in [-0.39, 0.29) is 17.6 Å². The molecule has 0 unspecified atom stereocenters. The molecule has 1 aliphatic heterocycles. The van der Waals surface area contributed by atoms with Gasteiger partial charge in [-0.25, -0.2) is 9.79 Å². The Morgan fingerprint density at radius 3 is 2.71 bits per heavy atom. The summed E-state index contributed by atoms with van der Waals surface area (Å²) in [5.41, 5.74) is 8.40. The van der Waals surface area contributed by atoms with Gasteiger partial charge in [0.2, 0.25) is 11.9 Å². The maximum atomic E-state index is 11.8. The fourth-order valence-corrected chi connectivity index (χ4v) is 3.24. The molecule has 1 aromatic heterocycles. The fourth-order valence-electron chi connectivity index (χ4n) is 3.24. The van der Waals surface area contributed by atoms with Crippen LogP contribution in [-0.2, 0) is 9.47 Å². The number of hydrogen-bond acceptors (Lipinski definition) is 7. The number of urea groups is 1. The molecule has 1 aromatic rings. The number of rotatable bonds is 9. The number of amides is 2. The van der Waals surface area contributed by atoms with Crippen molar-refractivity contribution in [3.8, 4) is 0 Å². The van der Waals surface area contributed by atoms with E-state index >= 15 is 0 Å². The van der Waals surface area contributed by atoms with Gasteiger partial charge in [0.25, 0.3) is 0 Å². The average Bonchev–Trinajstić information content (AvgIpc) is 2.84. The summed E-state index contributed by atoms with van der Waals surface area (Å²) in [7, 11) is 1.61. The quantitative estimate of drug-likeness (QED) is 0.215. The molecule has 4 N–H and O–H groups in total. The van der Waals surface area contributed by atoms with Crippen molar-refractivity contribution in [1.29, 1.82) is 0 Å². The van der Waals surface area contributed by atoms with Crippen molar-refractivity contribution in [3.63, 3.8) is 0 Å². The van der Waals surface area contributed by atoms with E-state index in [1.54, 1.807) is 26.4 Å². The van der Waals surface area contributed by atoms with Crippen LogP contribution in [0.4, 0.5) is 4.79 Å². The summed E-state index contributed by atoms with van der Waals surface area (Å²) in [6, 6.07) is 3.33. The molecule has 0 bridgehead atoms. The van der Waals surface area contributed by atoms with Crippen molar-refractivity contribution in [2.75, 3.05) is 46.4 Å². The van der Waals surface area contributed by atoms with E-state index in [1.165, 1.54) is 0 Å². The Labute approximate surface area is 207 Å². The Hall–Kier alpha value is -3.76. The number of nitrogens with one attached hydrogen (secondary N) is 2. The minimum absolute atomic E-state index is 0.113. The number of guanidine groups is 1. The lowest BCUT2D eigenvalue weighted by Gasteiger charge is -2.27. The normalized spacial score (nSPS) is 16.0. The van der Waals surface area contributed by atoms with Gasteiger partial charge in [-0.15, -0.1) is 0 Å². The smallest absolute Gasteiger partial charge is 0.321 e. The van der Waals surface area contributed by atoms with Gasteiger partial charge in [0, 0.05) is 39.1 Å². The zero-order chi connectivity index (χ0) is 25.6. The molecule has 0 aliphatic carbocycles. The number of nitrogens with two attached hydrogens (primary N) is 1. The first-order chi connectivity index (χ1) is 16.9. The second-order valence-electron chi connectivity index (χ2n) is 7.53. The maximum Gasteiger partial charge on any atom is 0.321 e. The number of carbonyl (C=O) groups is 1. The molecule has 0 saturated carbocycles. The van der Waals surface area contributed by atoms with Crippen LogP contribution < -0.4 is 16.4 Å². The van der Waals surface area contributed by atoms with Crippen LogP contribution in [0.2, 0.25) is 0 Å². The van der Waals surface area contributed by atoms with Crippen molar-refractivity contribution in [3.05, 3.63) is 72.4 Å². The number of ether oxygens (including phenoxy) is 2. The predicted octanol–water partition coefficient (Wildman–Crippen LogP) is 2.45. The number of hydrogen-bond donors (Lipinski definition) is 3. The molecule has 0 atom stereocenters. The minimum Gasteiger partial charge on any atom is -0.442 e. The van der Waals surface area contributed by atoms with E-state index in [0.29, 0.717) is 37.6 Å². The summed E-state index contributed by atoms with van der Waals surface area (Å²) in [4.78, 5) is 26.8. The van der Waals surface area contributed by atoms with Gasteiger partial charge in [-0.05, 0) is 37.1 Å². The summed E-state index contributed by atoms with van der Waals surface area (Å²) in [5, 5.41) is 5.06. The summed E-state index contributed by atoms with van der Waals surface area (Å²) in [5.74, 6) is 0.677. The fraction of sp³-hybridized carbons (Fsp3) is 0.360.